The van der Waals surface area contributed by atoms with Crippen LogP contribution in [-0.2, 0) is 9.59 Å². The van der Waals surface area contributed by atoms with E-state index in [0.717, 1.165) is 13.1 Å². The summed E-state index contributed by atoms with van der Waals surface area (Å²) in [5.74, 6) is -1.15. The maximum atomic E-state index is 11.7. The number of nitrogens with zero attached hydrogens (tertiary/aromatic N) is 1. The predicted octanol–water partition coefficient (Wildman–Crippen LogP) is 1.53. The zero-order valence-electron chi connectivity index (χ0n) is 12.4. The highest BCUT2D eigenvalue weighted by molar-refractivity contribution is 7.07. The second kappa shape index (κ2) is 8.14. The SMILES string of the molecule is CNC(=O)C(=O)NCC(c1ccsc1)N1CCCCCC1. The first-order chi connectivity index (χ1) is 10.2. The number of carbonyl (C=O) groups is 2. The van der Waals surface area contributed by atoms with Gasteiger partial charge in [-0.2, -0.15) is 11.3 Å². The van der Waals surface area contributed by atoms with E-state index in [-0.39, 0.29) is 6.04 Å². The van der Waals surface area contributed by atoms with Crippen LogP contribution >= 0.6 is 11.3 Å². The number of hydrogen-bond acceptors (Lipinski definition) is 4. The standard InChI is InChI=1S/C15H23N3O2S/c1-16-14(19)15(20)17-10-13(12-6-9-21-11-12)18-7-4-2-3-5-8-18/h6,9,11,13H,2-5,7-8,10H2,1H3,(H,16,19)(H,17,20). The Hall–Kier alpha value is -1.40. The summed E-state index contributed by atoms with van der Waals surface area (Å²) in [4.78, 5) is 25.4. The van der Waals surface area contributed by atoms with Gasteiger partial charge in [-0.3, -0.25) is 14.5 Å². The first kappa shape index (κ1) is 16.0. The average Bonchev–Trinajstić information content (AvgIpc) is 2.89. The molecule has 6 heteroatoms. The van der Waals surface area contributed by atoms with Crippen LogP contribution in [0.1, 0.15) is 37.3 Å². The van der Waals surface area contributed by atoms with E-state index in [4.69, 9.17) is 0 Å². The largest absolute Gasteiger partial charge is 0.351 e. The van der Waals surface area contributed by atoms with Gasteiger partial charge in [0.1, 0.15) is 0 Å². The second-order valence-electron chi connectivity index (χ2n) is 5.31. The van der Waals surface area contributed by atoms with Crippen molar-refractivity contribution in [1.82, 2.24) is 15.5 Å². The summed E-state index contributed by atoms with van der Waals surface area (Å²) in [5.41, 5.74) is 1.22. The molecule has 2 heterocycles. The zero-order valence-corrected chi connectivity index (χ0v) is 13.2. The van der Waals surface area contributed by atoms with Gasteiger partial charge in [-0.15, -0.1) is 0 Å². The molecule has 1 aliphatic heterocycles. The van der Waals surface area contributed by atoms with Gasteiger partial charge in [0.2, 0.25) is 0 Å². The molecule has 116 valence electrons. The fourth-order valence-corrected chi connectivity index (χ4v) is 3.42. The summed E-state index contributed by atoms with van der Waals surface area (Å²) < 4.78 is 0. The molecule has 2 rings (SSSR count). The first-order valence-electron chi connectivity index (χ1n) is 7.48. The van der Waals surface area contributed by atoms with Crippen molar-refractivity contribution >= 4 is 23.2 Å². The molecule has 2 amide bonds. The van der Waals surface area contributed by atoms with Gasteiger partial charge in [-0.1, -0.05) is 12.8 Å². The average molecular weight is 309 g/mol. The molecule has 0 aromatic carbocycles. The van der Waals surface area contributed by atoms with Crippen LogP contribution in [0.25, 0.3) is 0 Å². The van der Waals surface area contributed by atoms with E-state index in [9.17, 15) is 9.59 Å². The molecular weight excluding hydrogens is 286 g/mol. The highest BCUT2D eigenvalue weighted by Crippen LogP contribution is 2.25. The van der Waals surface area contributed by atoms with Crippen molar-refractivity contribution in [2.24, 2.45) is 0 Å². The fourth-order valence-electron chi connectivity index (χ4n) is 2.71. The van der Waals surface area contributed by atoms with Crippen molar-refractivity contribution in [2.75, 3.05) is 26.7 Å². The lowest BCUT2D eigenvalue weighted by Gasteiger charge is -2.30. The molecule has 1 aliphatic rings. The third-order valence-electron chi connectivity index (χ3n) is 3.90. The highest BCUT2D eigenvalue weighted by Gasteiger charge is 2.23. The Kier molecular flexibility index (Phi) is 6.20. The van der Waals surface area contributed by atoms with E-state index in [2.05, 4.69) is 32.4 Å². The molecule has 0 radical (unpaired) electrons. The number of carbonyl (C=O) groups excluding carboxylic acids is 2. The van der Waals surface area contributed by atoms with Crippen LogP contribution in [0.2, 0.25) is 0 Å². The van der Waals surface area contributed by atoms with Crippen molar-refractivity contribution in [2.45, 2.75) is 31.7 Å². The molecule has 1 aromatic heterocycles. The minimum absolute atomic E-state index is 0.156. The minimum atomic E-state index is -0.588. The lowest BCUT2D eigenvalue weighted by atomic mass is 10.1. The summed E-state index contributed by atoms with van der Waals surface area (Å²) in [6, 6.07) is 2.26. The van der Waals surface area contributed by atoms with Crippen LogP contribution in [0.15, 0.2) is 16.8 Å². The summed E-state index contributed by atoms with van der Waals surface area (Å²) in [5, 5.41) is 9.28. The van der Waals surface area contributed by atoms with E-state index in [1.165, 1.54) is 38.3 Å². The van der Waals surface area contributed by atoms with Gasteiger partial charge in [0.15, 0.2) is 0 Å². The molecule has 21 heavy (non-hydrogen) atoms. The molecular formula is C15H23N3O2S. The Bertz CT molecular complexity index is 453. The van der Waals surface area contributed by atoms with Crippen LogP contribution in [0.3, 0.4) is 0 Å². The molecule has 1 aromatic rings. The normalized spacial score (nSPS) is 17.8. The van der Waals surface area contributed by atoms with Crippen molar-refractivity contribution in [1.29, 1.82) is 0 Å². The smallest absolute Gasteiger partial charge is 0.309 e. The Labute approximate surface area is 129 Å². The second-order valence-corrected chi connectivity index (χ2v) is 6.09. The maximum Gasteiger partial charge on any atom is 0.309 e. The quantitative estimate of drug-likeness (QED) is 0.829. The summed E-state index contributed by atoms with van der Waals surface area (Å²) in [6.07, 6.45) is 4.95. The van der Waals surface area contributed by atoms with Crippen molar-refractivity contribution in [3.8, 4) is 0 Å². The molecule has 1 fully saturated rings. The molecule has 2 N–H and O–H groups in total. The number of rotatable bonds is 4. The lowest BCUT2D eigenvalue weighted by molar-refractivity contribution is -0.139. The molecule has 0 saturated carbocycles. The number of thiophene rings is 1. The van der Waals surface area contributed by atoms with Gasteiger partial charge in [-0.05, 0) is 48.3 Å². The van der Waals surface area contributed by atoms with Crippen molar-refractivity contribution in [3.05, 3.63) is 22.4 Å². The Balaban J connectivity index is 2.02. The molecule has 1 unspecified atom stereocenters. The van der Waals surface area contributed by atoms with Gasteiger partial charge >= 0.3 is 11.8 Å². The maximum absolute atomic E-state index is 11.7. The monoisotopic (exact) mass is 309 g/mol. The number of likely N-dealkylation sites (N-methyl/N-ethyl adjacent to an activating group) is 1. The first-order valence-corrected chi connectivity index (χ1v) is 8.42. The zero-order chi connectivity index (χ0) is 15.1. The Morgan fingerprint density at radius 2 is 1.95 bits per heavy atom. The Morgan fingerprint density at radius 3 is 2.52 bits per heavy atom. The number of nitrogens with one attached hydrogen (secondary N) is 2. The fraction of sp³-hybridized carbons (Fsp3) is 0.600. The van der Waals surface area contributed by atoms with E-state index >= 15 is 0 Å². The van der Waals surface area contributed by atoms with Crippen LogP contribution in [0, 0.1) is 0 Å². The highest BCUT2D eigenvalue weighted by atomic mass is 32.1. The number of likely N-dealkylation sites (tertiary alicyclic amines) is 1. The third-order valence-corrected chi connectivity index (χ3v) is 4.60. The predicted molar refractivity (Wildman–Crippen MR) is 84.2 cm³/mol. The minimum Gasteiger partial charge on any atom is -0.351 e. The molecule has 0 aliphatic carbocycles. The van der Waals surface area contributed by atoms with Gasteiger partial charge < -0.3 is 10.6 Å². The van der Waals surface area contributed by atoms with E-state index in [0.29, 0.717) is 6.54 Å². The third kappa shape index (κ3) is 4.54. The molecule has 1 atom stereocenters. The van der Waals surface area contributed by atoms with Crippen LogP contribution in [-0.4, -0.2) is 43.4 Å². The molecule has 0 spiro atoms. The molecule has 0 bridgehead atoms. The van der Waals surface area contributed by atoms with Gasteiger partial charge in [0.25, 0.3) is 0 Å². The van der Waals surface area contributed by atoms with Gasteiger partial charge in [0.05, 0.1) is 6.04 Å². The van der Waals surface area contributed by atoms with E-state index in [1.54, 1.807) is 11.3 Å². The Morgan fingerprint density at radius 1 is 1.24 bits per heavy atom. The molecule has 5 nitrogen and oxygen atoms in total. The summed E-state index contributed by atoms with van der Waals surface area (Å²) in [6.45, 7) is 2.58. The summed E-state index contributed by atoms with van der Waals surface area (Å²) in [7, 11) is 1.47. The van der Waals surface area contributed by atoms with Crippen LogP contribution in [0.4, 0.5) is 0 Å². The number of amides is 2. The molecule has 1 saturated heterocycles. The lowest BCUT2D eigenvalue weighted by Crippen LogP contribution is -2.43. The van der Waals surface area contributed by atoms with E-state index < -0.39 is 11.8 Å². The van der Waals surface area contributed by atoms with Gasteiger partial charge in [0, 0.05) is 13.6 Å². The van der Waals surface area contributed by atoms with Gasteiger partial charge in [-0.25, -0.2) is 0 Å². The van der Waals surface area contributed by atoms with Crippen molar-refractivity contribution < 1.29 is 9.59 Å². The summed E-state index contributed by atoms with van der Waals surface area (Å²) >= 11 is 1.66. The van der Waals surface area contributed by atoms with Crippen LogP contribution in [0.5, 0.6) is 0 Å². The topological polar surface area (TPSA) is 61.4 Å². The van der Waals surface area contributed by atoms with Crippen molar-refractivity contribution in [3.63, 3.8) is 0 Å². The van der Waals surface area contributed by atoms with E-state index in [1.807, 2.05) is 0 Å². The number of hydrogen-bond donors (Lipinski definition) is 2. The van der Waals surface area contributed by atoms with Crippen LogP contribution < -0.4 is 10.6 Å².